The van der Waals surface area contributed by atoms with Crippen LogP contribution in [0.3, 0.4) is 0 Å². The number of sulfonamides is 1. The molecule has 0 unspecified atom stereocenters. The van der Waals surface area contributed by atoms with Gasteiger partial charge >= 0.3 is 0 Å². The Kier molecular flexibility index (Phi) is 5.59. The van der Waals surface area contributed by atoms with E-state index in [1.54, 1.807) is 30.3 Å². The number of hydrogen-bond acceptors (Lipinski definition) is 5. The summed E-state index contributed by atoms with van der Waals surface area (Å²) in [5.74, 6) is -0.0727. The molecule has 0 spiro atoms. The summed E-state index contributed by atoms with van der Waals surface area (Å²) in [7, 11) is -1.07. The monoisotopic (exact) mass is 347 g/mol. The summed E-state index contributed by atoms with van der Waals surface area (Å²) in [6.07, 6.45) is 1.40. The van der Waals surface area contributed by atoms with Crippen LogP contribution in [-0.2, 0) is 10.0 Å². The number of nitrogens with one attached hydrogen (secondary N) is 1. The summed E-state index contributed by atoms with van der Waals surface area (Å²) in [6, 6.07) is 13.4. The van der Waals surface area contributed by atoms with Gasteiger partial charge in [0.25, 0.3) is 15.9 Å². The summed E-state index contributed by atoms with van der Waals surface area (Å²) < 4.78 is 36.2. The van der Waals surface area contributed by atoms with Crippen molar-refractivity contribution in [2.75, 3.05) is 14.2 Å². The topological polar surface area (TPSA) is 81.7 Å². The second kappa shape index (κ2) is 7.65. The van der Waals surface area contributed by atoms with Crippen molar-refractivity contribution in [2.45, 2.75) is 0 Å². The van der Waals surface area contributed by atoms with E-state index in [0.717, 1.165) is 5.41 Å². The minimum Gasteiger partial charge on any atom is -0.497 e. The molecule has 0 aliphatic rings. The predicted octanol–water partition coefficient (Wildman–Crippen LogP) is 2.43. The molecular weight excluding hydrogens is 330 g/mol. The first-order valence-corrected chi connectivity index (χ1v) is 8.52. The van der Waals surface area contributed by atoms with E-state index in [4.69, 9.17) is 9.47 Å². The van der Waals surface area contributed by atoms with Crippen LogP contribution in [0.15, 0.2) is 53.9 Å². The van der Waals surface area contributed by atoms with E-state index in [2.05, 4.69) is 0 Å². The van der Waals surface area contributed by atoms with Crippen LogP contribution in [0.4, 0.5) is 0 Å². The maximum atomic E-state index is 12.2. The second-order valence-corrected chi connectivity index (χ2v) is 6.32. The third kappa shape index (κ3) is 4.60. The van der Waals surface area contributed by atoms with Crippen molar-refractivity contribution < 1.29 is 22.7 Å². The second-order valence-electron chi connectivity index (χ2n) is 4.76. The molecule has 0 saturated heterocycles. The largest absolute Gasteiger partial charge is 0.497 e. The molecule has 0 fully saturated rings. The van der Waals surface area contributed by atoms with Gasteiger partial charge in [-0.1, -0.05) is 30.3 Å². The minimum absolute atomic E-state index is 0.0926. The number of methoxy groups -OCH3 is 2. The summed E-state index contributed by atoms with van der Waals surface area (Å²) >= 11 is 0. The van der Waals surface area contributed by atoms with Crippen molar-refractivity contribution in [3.05, 3.63) is 65.1 Å². The van der Waals surface area contributed by atoms with Gasteiger partial charge in [0.05, 0.1) is 25.2 Å². The number of benzene rings is 2. The highest BCUT2D eigenvalue weighted by atomic mass is 32.2. The van der Waals surface area contributed by atoms with Crippen molar-refractivity contribution in [1.82, 2.24) is 4.72 Å². The molecule has 126 valence electrons. The molecule has 6 nitrogen and oxygen atoms in total. The molecule has 0 aliphatic carbocycles. The van der Waals surface area contributed by atoms with Crippen molar-refractivity contribution >= 4 is 22.0 Å². The smallest absolute Gasteiger partial charge is 0.268 e. The highest BCUT2D eigenvalue weighted by molar-refractivity contribution is 7.93. The molecule has 2 aromatic rings. The molecule has 0 radical (unpaired) electrons. The molecule has 7 heteroatoms. The van der Waals surface area contributed by atoms with Gasteiger partial charge in [-0.05, 0) is 23.8 Å². The molecular formula is C17H17NO5S. The van der Waals surface area contributed by atoms with Gasteiger partial charge in [0.2, 0.25) is 0 Å². The lowest BCUT2D eigenvalue weighted by Crippen LogP contribution is -2.29. The normalized spacial score (nSPS) is 11.2. The average molecular weight is 347 g/mol. The highest BCUT2D eigenvalue weighted by Gasteiger charge is 2.17. The molecule has 0 aliphatic heterocycles. The summed E-state index contributed by atoms with van der Waals surface area (Å²) in [5.41, 5.74) is 0.798. The Bertz CT molecular complexity index is 845. The number of hydrogen-bond donors (Lipinski definition) is 1. The van der Waals surface area contributed by atoms with Crippen LogP contribution in [0, 0.1) is 0 Å². The van der Waals surface area contributed by atoms with Crippen molar-refractivity contribution in [3.63, 3.8) is 0 Å². The summed E-state index contributed by atoms with van der Waals surface area (Å²) in [5, 5.41) is 0.941. The third-order valence-corrected chi connectivity index (χ3v) is 4.09. The van der Waals surface area contributed by atoms with E-state index in [-0.39, 0.29) is 11.3 Å². The molecule has 0 heterocycles. The van der Waals surface area contributed by atoms with Crippen LogP contribution in [-0.4, -0.2) is 28.5 Å². The Balaban J connectivity index is 2.18. The van der Waals surface area contributed by atoms with Crippen molar-refractivity contribution in [1.29, 1.82) is 0 Å². The van der Waals surface area contributed by atoms with Gasteiger partial charge in [0.15, 0.2) is 0 Å². The van der Waals surface area contributed by atoms with E-state index in [0.29, 0.717) is 11.3 Å². The molecule has 0 saturated carbocycles. The molecule has 1 N–H and O–H groups in total. The SMILES string of the molecule is COc1ccc(C(=O)NS(=O)(=O)C=Cc2ccccc2)c(OC)c1. The third-order valence-electron chi connectivity index (χ3n) is 3.13. The Labute approximate surface area is 140 Å². The lowest BCUT2D eigenvalue weighted by Gasteiger charge is -2.10. The van der Waals surface area contributed by atoms with Crippen LogP contribution in [0.2, 0.25) is 0 Å². The average Bonchev–Trinajstić information content (AvgIpc) is 2.60. The Morgan fingerprint density at radius 1 is 1.04 bits per heavy atom. The van der Waals surface area contributed by atoms with E-state index in [9.17, 15) is 13.2 Å². The van der Waals surface area contributed by atoms with Gasteiger partial charge in [-0.2, -0.15) is 0 Å². The van der Waals surface area contributed by atoms with E-state index in [1.807, 2.05) is 10.8 Å². The Hall–Kier alpha value is -2.80. The maximum Gasteiger partial charge on any atom is 0.268 e. The zero-order valence-corrected chi connectivity index (χ0v) is 14.0. The van der Waals surface area contributed by atoms with Gasteiger partial charge in [-0.25, -0.2) is 13.1 Å². The lowest BCUT2D eigenvalue weighted by molar-refractivity contribution is 0.0979. The van der Waals surface area contributed by atoms with E-state index < -0.39 is 15.9 Å². The Morgan fingerprint density at radius 3 is 2.38 bits per heavy atom. The van der Waals surface area contributed by atoms with E-state index in [1.165, 1.54) is 32.4 Å². The molecule has 0 atom stereocenters. The van der Waals surface area contributed by atoms with Gasteiger partial charge in [-0.3, -0.25) is 4.79 Å². The van der Waals surface area contributed by atoms with Gasteiger partial charge < -0.3 is 9.47 Å². The number of rotatable bonds is 6. The lowest BCUT2D eigenvalue weighted by atomic mass is 10.2. The molecule has 0 bridgehead atoms. The van der Waals surface area contributed by atoms with E-state index >= 15 is 0 Å². The first-order chi connectivity index (χ1) is 11.4. The fourth-order valence-corrected chi connectivity index (χ4v) is 2.71. The first-order valence-electron chi connectivity index (χ1n) is 6.97. The summed E-state index contributed by atoms with van der Waals surface area (Å²) in [4.78, 5) is 12.2. The molecule has 2 aromatic carbocycles. The standard InChI is InChI=1S/C17H17NO5S/c1-22-14-8-9-15(16(12-14)23-2)17(19)18-24(20,21)11-10-13-6-4-3-5-7-13/h3-12H,1-2H3,(H,18,19). The zero-order chi connectivity index (χ0) is 17.6. The van der Waals surface area contributed by atoms with Gasteiger partial charge in [0, 0.05) is 6.07 Å². The molecule has 24 heavy (non-hydrogen) atoms. The van der Waals surface area contributed by atoms with Crippen LogP contribution in [0.25, 0.3) is 6.08 Å². The predicted molar refractivity (Wildman–Crippen MR) is 91.4 cm³/mol. The van der Waals surface area contributed by atoms with Gasteiger partial charge in [-0.15, -0.1) is 0 Å². The Morgan fingerprint density at radius 2 is 1.75 bits per heavy atom. The molecule has 0 aromatic heterocycles. The summed E-state index contributed by atoms with van der Waals surface area (Å²) in [6.45, 7) is 0. The fraction of sp³-hybridized carbons (Fsp3) is 0.118. The number of carbonyl (C=O) groups is 1. The van der Waals surface area contributed by atoms with Crippen molar-refractivity contribution in [3.8, 4) is 11.5 Å². The number of ether oxygens (including phenoxy) is 2. The van der Waals surface area contributed by atoms with Gasteiger partial charge in [0.1, 0.15) is 11.5 Å². The van der Waals surface area contributed by atoms with Crippen LogP contribution in [0.5, 0.6) is 11.5 Å². The zero-order valence-electron chi connectivity index (χ0n) is 13.2. The van der Waals surface area contributed by atoms with Crippen LogP contribution >= 0.6 is 0 Å². The molecule has 2 rings (SSSR count). The highest BCUT2D eigenvalue weighted by Crippen LogP contribution is 2.24. The minimum atomic E-state index is -3.93. The van der Waals surface area contributed by atoms with Crippen molar-refractivity contribution in [2.24, 2.45) is 0 Å². The quantitative estimate of drug-likeness (QED) is 0.868. The first kappa shape index (κ1) is 17.6. The number of carbonyl (C=O) groups excluding carboxylic acids is 1. The molecule has 1 amide bonds. The maximum absolute atomic E-state index is 12.2. The number of amides is 1. The van der Waals surface area contributed by atoms with Crippen LogP contribution in [0.1, 0.15) is 15.9 Å². The van der Waals surface area contributed by atoms with Crippen LogP contribution < -0.4 is 14.2 Å². The fourth-order valence-electron chi connectivity index (χ4n) is 1.94.